The zero-order chi connectivity index (χ0) is 11.4. The van der Waals surface area contributed by atoms with Crippen LogP contribution in [0.1, 0.15) is 6.42 Å². The topological polar surface area (TPSA) is 70.6 Å². The molecule has 1 aromatic rings. The molecule has 1 unspecified atom stereocenters. The van der Waals surface area contributed by atoms with Crippen LogP contribution >= 0.6 is 0 Å². The largest absolute Gasteiger partial charge is 0.508 e. The van der Waals surface area contributed by atoms with Crippen LogP contribution in [-0.4, -0.2) is 30.3 Å². The van der Waals surface area contributed by atoms with Crippen molar-refractivity contribution >= 4 is 6.09 Å². The van der Waals surface area contributed by atoms with E-state index in [-0.39, 0.29) is 11.8 Å². The lowest BCUT2D eigenvalue weighted by Crippen LogP contribution is -2.38. The molecule has 0 spiro atoms. The molecule has 1 fully saturated rings. The molecule has 0 saturated carbocycles. The first kappa shape index (κ1) is 10.8. The first-order valence-corrected chi connectivity index (χ1v) is 5.22. The summed E-state index contributed by atoms with van der Waals surface area (Å²) in [5.41, 5.74) is 0. The summed E-state index contributed by atoms with van der Waals surface area (Å²) >= 11 is 0. The lowest BCUT2D eigenvalue weighted by Gasteiger charge is -2.11. The second-order valence-electron chi connectivity index (χ2n) is 3.72. The molecular formula is C11H14N2O3. The summed E-state index contributed by atoms with van der Waals surface area (Å²) < 4.78 is 5.02. The van der Waals surface area contributed by atoms with Gasteiger partial charge in [0.2, 0.25) is 0 Å². The molecule has 0 bridgehead atoms. The first-order chi connectivity index (χ1) is 7.74. The Bertz CT molecular complexity index is 375. The molecule has 0 aliphatic carbocycles. The number of hydrogen-bond acceptors (Lipinski definition) is 4. The number of phenols is 1. The van der Waals surface area contributed by atoms with E-state index in [1.54, 1.807) is 12.1 Å². The minimum atomic E-state index is -0.487. The molecule has 1 aliphatic rings. The minimum Gasteiger partial charge on any atom is -0.508 e. The maximum Gasteiger partial charge on any atom is 0.412 e. The van der Waals surface area contributed by atoms with E-state index in [0.29, 0.717) is 5.75 Å². The van der Waals surface area contributed by atoms with Gasteiger partial charge in [0, 0.05) is 18.7 Å². The third-order valence-corrected chi connectivity index (χ3v) is 2.41. The Hall–Kier alpha value is -1.75. The number of hydrogen-bond donors (Lipinski definition) is 3. The number of ether oxygens (including phenoxy) is 1. The first-order valence-electron chi connectivity index (χ1n) is 5.22. The third-order valence-electron chi connectivity index (χ3n) is 2.41. The lowest BCUT2D eigenvalue weighted by molar-refractivity contribution is 0.196. The number of phenolic OH excluding ortho intramolecular Hbond substituents is 1. The fraction of sp³-hybridized carbons (Fsp3) is 0.364. The smallest absolute Gasteiger partial charge is 0.412 e. The lowest BCUT2D eigenvalue weighted by atomic mass is 10.3. The quantitative estimate of drug-likeness (QED) is 0.693. The van der Waals surface area contributed by atoms with Gasteiger partial charge in [-0.05, 0) is 25.1 Å². The number of rotatable bonds is 2. The summed E-state index contributed by atoms with van der Waals surface area (Å²) in [4.78, 5) is 11.4. The summed E-state index contributed by atoms with van der Waals surface area (Å²) in [5.74, 6) is 0.413. The highest BCUT2D eigenvalue weighted by molar-refractivity contribution is 5.70. The van der Waals surface area contributed by atoms with E-state index in [1.165, 1.54) is 12.1 Å². The van der Waals surface area contributed by atoms with E-state index < -0.39 is 6.09 Å². The molecule has 0 aromatic heterocycles. The zero-order valence-electron chi connectivity index (χ0n) is 8.77. The Morgan fingerprint density at radius 2 is 2.44 bits per heavy atom. The standard InChI is InChI=1S/C11H14N2O3/c14-9-2-1-3-10(6-9)16-11(15)13-8-4-5-12-7-8/h1-3,6,8,12,14H,4-5,7H2,(H,13,15). The molecule has 1 atom stereocenters. The summed E-state index contributed by atoms with van der Waals surface area (Å²) in [5, 5.41) is 15.1. The predicted molar refractivity (Wildman–Crippen MR) is 58.5 cm³/mol. The molecule has 16 heavy (non-hydrogen) atoms. The molecule has 1 saturated heterocycles. The van der Waals surface area contributed by atoms with Gasteiger partial charge in [-0.1, -0.05) is 6.07 Å². The van der Waals surface area contributed by atoms with Crippen LogP contribution in [0.25, 0.3) is 0 Å². The Morgan fingerprint density at radius 1 is 1.56 bits per heavy atom. The maximum absolute atomic E-state index is 11.4. The Morgan fingerprint density at radius 3 is 3.12 bits per heavy atom. The third kappa shape index (κ3) is 2.87. The molecule has 86 valence electrons. The van der Waals surface area contributed by atoms with E-state index in [2.05, 4.69) is 10.6 Å². The second kappa shape index (κ2) is 4.85. The molecule has 1 heterocycles. The van der Waals surface area contributed by atoms with Crippen molar-refractivity contribution in [3.8, 4) is 11.5 Å². The number of carbonyl (C=O) groups is 1. The second-order valence-corrected chi connectivity index (χ2v) is 3.72. The average Bonchev–Trinajstić information content (AvgIpc) is 2.70. The van der Waals surface area contributed by atoms with E-state index in [9.17, 15) is 9.90 Å². The molecule has 1 amide bonds. The summed E-state index contributed by atoms with van der Waals surface area (Å²) in [6.45, 7) is 1.69. The fourth-order valence-corrected chi connectivity index (χ4v) is 1.63. The van der Waals surface area contributed by atoms with Gasteiger partial charge >= 0.3 is 6.09 Å². The average molecular weight is 222 g/mol. The zero-order valence-corrected chi connectivity index (χ0v) is 8.77. The van der Waals surface area contributed by atoms with Crippen LogP contribution in [0.15, 0.2) is 24.3 Å². The minimum absolute atomic E-state index is 0.0767. The van der Waals surface area contributed by atoms with Crippen molar-refractivity contribution in [1.29, 1.82) is 0 Å². The van der Waals surface area contributed by atoms with Crippen molar-refractivity contribution < 1.29 is 14.6 Å². The van der Waals surface area contributed by atoms with Gasteiger partial charge < -0.3 is 20.5 Å². The maximum atomic E-state index is 11.4. The van der Waals surface area contributed by atoms with Crippen LogP contribution in [-0.2, 0) is 0 Å². The monoisotopic (exact) mass is 222 g/mol. The van der Waals surface area contributed by atoms with Crippen LogP contribution in [0.5, 0.6) is 11.5 Å². The number of amides is 1. The highest BCUT2D eigenvalue weighted by Crippen LogP contribution is 2.17. The molecule has 2 rings (SSSR count). The number of benzene rings is 1. The van der Waals surface area contributed by atoms with Crippen LogP contribution in [0.3, 0.4) is 0 Å². The van der Waals surface area contributed by atoms with Crippen LogP contribution in [0, 0.1) is 0 Å². The van der Waals surface area contributed by atoms with Gasteiger partial charge in [0.05, 0.1) is 0 Å². The number of carbonyl (C=O) groups excluding carboxylic acids is 1. The van der Waals surface area contributed by atoms with Crippen molar-refractivity contribution in [2.24, 2.45) is 0 Å². The number of aromatic hydroxyl groups is 1. The van der Waals surface area contributed by atoms with Gasteiger partial charge in [-0.3, -0.25) is 0 Å². The Labute approximate surface area is 93.4 Å². The molecule has 0 radical (unpaired) electrons. The molecular weight excluding hydrogens is 208 g/mol. The normalized spacial score (nSPS) is 19.4. The fourth-order valence-electron chi connectivity index (χ4n) is 1.63. The molecule has 1 aliphatic heterocycles. The van der Waals surface area contributed by atoms with Crippen LogP contribution in [0.4, 0.5) is 4.79 Å². The summed E-state index contributed by atoms with van der Waals surface area (Å²) in [6.07, 6.45) is 0.425. The van der Waals surface area contributed by atoms with Crippen molar-refractivity contribution in [3.63, 3.8) is 0 Å². The summed E-state index contributed by atoms with van der Waals surface area (Å²) in [7, 11) is 0. The van der Waals surface area contributed by atoms with E-state index in [1.807, 2.05) is 0 Å². The van der Waals surface area contributed by atoms with Gasteiger partial charge in [0.25, 0.3) is 0 Å². The molecule has 1 aromatic carbocycles. The van der Waals surface area contributed by atoms with E-state index in [0.717, 1.165) is 19.5 Å². The highest BCUT2D eigenvalue weighted by Gasteiger charge is 2.17. The van der Waals surface area contributed by atoms with Gasteiger partial charge in [-0.15, -0.1) is 0 Å². The van der Waals surface area contributed by atoms with Gasteiger partial charge in [-0.25, -0.2) is 4.79 Å². The Kier molecular flexibility index (Phi) is 3.26. The highest BCUT2D eigenvalue weighted by atomic mass is 16.6. The van der Waals surface area contributed by atoms with E-state index >= 15 is 0 Å². The van der Waals surface area contributed by atoms with Crippen molar-refractivity contribution in [1.82, 2.24) is 10.6 Å². The SMILES string of the molecule is O=C(NC1CCNC1)Oc1cccc(O)c1. The summed E-state index contributed by atoms with van der Waals surface area (Å²) in [6, 6.07) is 6.28. The van der Waals surface area contributed by atoms with Crippen LogP contribution < -0.4 is 15.4 Å². The molecule has 3 N–H and O–H groups in total. The van der Waals surface area contributed by atoms with Gasteiger partial charge in [-0.2, -0.15) is 0 Å². The van der Waals surface area contributed by atoms with Crippen molar-refractivity contribution in [3.05, 3.63) is 24.3 Å². The van der Waals surface area contributed by atoms with Crippen molar-refractivity contribution in [2.75, 3.05) is 13.1 Å². The van der Waals surface area contributed by atoms with Crippen molar-refractivity contribution in [2.45, 2.75) is 12.5 Å². The predicted octanol–water partition coefficient (Wildman–Crippen LogP) is 0.842. The van der Waals surface area contributed by atoms with E-state index in [4.69, 9.17) is 4.74 Å². The van der Waals surface area contributed by atoms with Gasteiger partial charge in [0.1, 0.15) is 11.5 Å². The Balaban J connectivity index is 1.86. The van der Waals surface area contributed by atoms with Crippen LogP contribution in [0.2, 0.25) is 0 Å². The number of nitrogens with one attached hydrogen (secondary N) is 2. The molecule has 5 nitrogen and oxygen atoms in total. The molecule has 5 heteroatoms. The van der Waals surface area contributed by atoms with Gasteiger partial charge in [0.15, 0.2) is 0 Å².